The average molecular weight is 384 g/mol. The van der Waals surface area contributed by atoms with Gasteiger partial charge in [-0.2, -0.15) is 4.98 Å². The zero-order valence-corrected chi connectivity index (χ0v) is 15.5. The highest BCUT2D eigenvalue weighted by Gasteiger charge is 2.19. The van der Waals surface area contributed by atoms with Gasteiger partial charge in [0.1, 0.15) is 18.2 Å². The minimum atomic E-state index is -0.435. The summed E-state index contributed by atoms with van der Waals surface area (Å²) < 4.78 is 15.3. The highest BCUT2D eigenvalue weighted by molar-refractivity contribution is 5.90. The molecule has 146 valence electrons. The number of nitrogens with one attached hydrogen (secondary N) is 1. The molecule has 1 aliphatic heterocycles. The van der Waals surface area contributed by atoms with E-state index in [0.29, 0.717) is 11.6 Å². The average Bonchev–Trinajstić information content (AvgIpc) is 2.98. The van der Waals surface area contributed by atoms with Gasteiger partial charge < -0.3 is 10.2 Å². The number of aromatic nitrogens is 4. The van der Waals surface area contributed by atoms with Gasteiger partial charge in [-0.05, 0) is 49.1 Å². The summed E-state index contributed by atoms with van der Waals surface area (Å²) in [4.78, 5) is 31.4. The smallest absolute Gasteiger partial charge is 0.352 e. The molecular weight excluding hydrogens is 363 g/mol. The molecule has 2 aromatic heterocycles. The molecule has 0 saturated carbocycles. The minimum absolute atomic E-state index is 0.254. The van der Waals surface area contributed by atoms with Gasteiger partial charge in [0, 0.05) is 25.0 Å². The van der Waals surface area contributed by atoms with Crippen LogP contribution in [-0.2, 0) is 11.3 Å². The molecule has 1 aliphatic rings. The lowest BCUT2D eigenvalue weighted by atomic mass is 10.0. The fraction of sp³-hybridized carbons (Fsp3) is 0.368. The molecule has 1 aromatic carbocycles. The van der Waals surface area contributed by atoms with E-state index in [4.69, 9.17) is 0 Å². The van der Waals surface area contributed by atoms with Crippen LogP contribution in [0.1, 0.15) is 19.8 Å². The van der Waals surface area contributed by atoms with Crippen molar-refractivity contribution < 1.29 is 9.18 Å². The quantitative estimate of drug-likeness (QED) is 0.743. The van der Waals surface area contributed by atoms with E-state index < -0.39 is 11.6 Å². The van der Waals surface area contributed by atoms with Crippen molar-refractivity contribution in [2.75, 3.05) is 23.3 Å². The van der Waals surface area contributed by atoms with Gasteiger partial charge in [0.2, 0.25) is 5.91 Å². The summed E-state index contributed by atoms with van der Waals surface area (Å²) in [5, 5.41) is 6.80. The van der Waals surface area contributed by atoms with Crippen molar-refractivity contribution in [1.82, 2.24) is 19.2 Å². The number of benzene rings is 1. The van der Waals surface area contributed by atoms with E-state index in [1.54, 1.807) is 12.3 Å². The Balaban J connectivity index is 1.52. The van der Waals surface area contributed by atoms with E-state index in [1.807, 2.05) is 0 Å². The number of nitrogens with zero attached hydrogens (tertiary/aromatic N) is 5. The van der Waals surface area contributed by atoms with Gasteiger partial charge in [-0.15, -0.1) is 5.10 Å². The van der Waals surface area contributed by atoms with E-state index in [-0.39, 0.29) is 18.1 Å². The zero-order chi connectivity index (χ0) is 19.7. The van der Waals surface area contributed by atoms with E-state index in [9.17, 15) is 14.0 Å². The van der Waals surface area contributed by atoms with Crippen LogP contribution < -0.4 is 15.9 Å². The molecule has 1 fully saturated rings. The number of halogens is 1. The number of carbonyl (C=O) groups excluding carboxylic acids is 1. The summed E-state index contributed by atoms with van der Waals surface area (Å²) in [6.07, 6.45) is 3.95. The SMILES string of the molecule is C[C@H]1CCCN(c2ccn3c(=O)n(CC(=O)Nc4ccc(F)cc4)nc3n2)C1. The molecule has 0 unspecified atom stereocenters. The fourth-order valence-electron chi connectivity index (χ4n) is 3.44. The molecule has 8 nitrogen and oxygen atoms in total. The number of hydrogen-bond acceptors (Lipinski definition) is 5. The molecule has 1 N–H and O–H groups in total. The van der Waals surface area contributed by atoms with Crippen molar-refractivity contribution in [3.05, 3.63) is 52.8 Å². The topological polar surface area (TPSA) is 84.5 Å². The third-order valence-electron chi connectivity index (χ3n) is 4.84. The van der Waals surface area contributed by atoms with Crippen LogP contribution >= 0.6 is 0 Å². The molecule has 3 heterocycles. The number of carbonyl (C=O) groups is 1. The monoisotopic (exact) mass is 384 g/mol. The third kappa shape index (κ3) is 3.73. The summed E-state index contributed by atoms with van der Waals surface area (Å²) in [6.45, 7) is 3.81. The second-order valence-corrected chi connectivity index (χ2v) is 7.14. The van der Waals surface area contributed by atoms with Crippen LogP contribution in [0.15, 0.2) is 41.3 Å². The maximum Gasteiger partial charge on any atom is 0.352 e. The standard InChI is InChI=1S/C19H21FN6O2/c1-13-3-2-9-24(11-13)16-8-10-25-18(22-16)23-26(19(25)28)12-17(27)21-15-6-4-14(20)5-7-15/h4-8,10,13H,2-3,9,11-12H2,1H3,(H,21,27)/t13-/m0/s1. The largest absolute Gasteiger partial charge is 0.356 e. The summed E-state index contributed by atoms with van der Waals surface area (Å²) in [7, 11) is 0. The number of fused-ring (bicyclic) bond motifs is 1. The molecular formula is C19H21FN6O2. The first-order chi connectivity index (χ1) is 13.5. The molecule has 0 radical (unpaired) electrons. The van der Waals surface area contributed by atoms with Crippen molar-refractivity contribution in [2.45, 2.75) is 26.3 Å². The second kappa shape index (κ2) is 7.41. The maximum absolute atomic E-state index is 12.9. The first-order valence-corrected chi connectivity index (χ1v) is 9.26. The fourth-order valence-corrected chi connectivity index (χ4v) is 3.44. The van der Waals surface area contributed by atoms with Gasteiger partial charge >= 0.3 is 5.69 Å². The lowest BCUT2D eigenvalue weighted by Crippen LogP contribution is -2.34. The van der Waals surface area contributed by atoms with E-state index in [0.717, 1.165) is 30.0 Å². The number of hydrogen-bond donors (Lipinski definition) is 1. The highest BCUT2D eigenvalue weighted by atomic mass is 19.1. The predicted octanol–water partition coefficient (Wildman–Crippen LogP) is 1.91. The first-order valence-electron chi connectivity index (χ1n) is 9.26. The molecule has 0 spiro atoms. The van der Waals surface area contributed by atoms with Crippen LogP contribution in [0.2, 0.25) is 0 Å². The summed E-state index contributed by atoms with van der Waals surface area (Å²) in [6, 6.07) is 7.20. The highest BCUT2D eigenvalue weighted by Crippen LogP contribution is 2.21. The maximum atomic E-state index is 12.9. The molecule has 9 heteroatoms. The Morgan fingerprint density at radius 3 is 2.82 bits per heavy atom. The normalized spacial score (nSPS) is 17.1. The van der Waals surface area contributed by atoms with E-state index >= 15 is 0 Å². The minimum Gasteiger partial charge on any atom is -0.356 e. The Morgan fingerprint density at radius 2 is 2.07 bits per heavy atom. The summed E-state index contributed by atoms with van der Waals surface area (Å²) >= 11 is 0. The van der Waals surface area contributed by atoms with Crippen molar-refractivity contribution in [2.24, 2.45) is 5.92 Å². The Hall–Kier alpha value is -3.23. The predicted molar refractivity (Wildman–Crippen MR) is 103 cm³/mol. The second-order valence-electron chi connectivity index (χ2n) is 7.14. The van der Waals surface area contributed by atoms with Crippen LogP contribution in [0.4, 0.5) is 15.9 Å². The van der Waals surface area contributed by atoms with Gasteiger partial charge in [-0.25, -0.2) is 18.3 Å². The van der Waals surface area contributed by atoms with Crippen molar-refractivity contribution in [1.29, 1.82) is 0 Å². The van der Waals surface area contributed by atoms with Crippen LogP contribution in [0, 0.1) is 11.7 Å². The molecule has 1 amide bonds. The Kier molecular flexibility index (Phi) is 4.81. The summed E-state index contributed by atoms with van der Waals surface area (Å²) in [5.74, 6) is 0.825. The number of anilines is 2. The third-order valence-corrected chi connectivity index (χ3v) is 4.84. The molecule has 0 aliphatic carbocycles. The van der Waals surface area contributed by atoms with Crippen LogP contribution in [0.25, 0.3) is 5.78 Å². The molecule has 4 rings (SSSR count). The zero-order valence-electron chi connectivity index (χ0n) is 15.5. The van der Waals surface area contributed by atoms with Gasteiger partial charge in [0.05, 0.1) is 0 Å². The Morgan fingerprint density at radius 1 is 1.29 bits per heavy atom. The van der Waals surface area contributed by atoms with Crippen molar-refractivity contribution >= 4 is 23.2 Å². The van der Waals surface area contributed by atoms with Crippen molar-refractivity contribution in [3.8, 4) is 0 Å². The van der Waals surface area contributed by atoms with Gasteiger partial charge in [0.15, 0.2) is 0 Å². The van der Waals surface area contributed by atoms with Crippen LogP contribution in [0.5, 0.6) is 0 Å². The molecule has 1 saturated heterocycles. The van der Waals surface area contributed by atoms with E-state index in [1.165, 1.54) is 35.1 Å². The molecule has 1 atom stereocenters. The van der Waals surface area contributed by atoms with Crippen LogP contribution in [0.3, 0.4) is 0 Å². The number of amides is 1. The van der Waals surface area contributed by atoms with Gasteiger partial charge in [-0.1, -0.05) is 6.92 Å². The first kappa shape index (κ1) is 18.1. The van der Waals surface area contributed by atoms with Crippen molar-refractivity contribution in [3.63, 3.8) is 0 Å². The lowest BCUT2D eigenvalue weighted by molar-refractivity contribution is -0.117. The molecule has 28 heavy (non-hydrogen) atoms. The lowest BCUT2D eigenvalue weighted by Gasteiger charge is -2.31. The molecule has 3 aromatic rings. The van der Waals surface area contributed by atoms with Gasteiger partial charge in [0.25, 0.3) is 5.78 Å². The Labute approximate surface area is 160 Å². The number of rotatable bonds is 4. The number of piperidine rings is 1. The van der Waals surface area contributed by atoms with E-state index in [2.05, 4.69) is 27.2 Å². The Bertz CT molecular complexity index is 1060. The van der Waals surface area contributed by atoms with Gasteiger partial charge in [-0.3, -0.25) is 4.79 Å². The summed E-state index contributed by atoms with van der Waals surface area (Å²) in [5.41, 5.74) is 0.0122. The van der Waals surface area contributed by atoms with Crippen LogP contribution in [-0.4, -0.2) is 38.2 Å². The molecule has 0 bridgehead atoms.